The summed E-state index contributed by atoms with van der Waals surface area (Å²) in [6.45, 7) is 8.69. The highest BCUT2D eigenvalue weighted by Crippen LogP contribution is 2.31. The number of nitrogens with one attached hydrogen (secondary N) is 3. The van der Waals surface area contributed by atoms with E-state index in [-0.39, 0.29) is 23.0 Å². The van der Waals surface area contributed by atoms with Gasteiger partial charge in [-0.15, -0.1) is 0 Å². The van der Waals surface area contributed by atoms with E-state index in [9.17, 15) is 4.79 Å². The summed E-state index contributed by atoms with van der Waals surface area (Å²) < 4.78 is 5.57. The van der Waals surface area contributed by atoms with Gasteiger partial charge in [0, 0.05) is 28.9 Å². The third-order valence-electron chi connectivity index (χ3n) is 5.50. The quantitative estimate of drug-likeness (QED) is 0.614. The minimum absolute atomic E-state index is 0.0312. The van der Waals surface area contributed by atoms with E-state index < -0.39 is 0 Å². The van der Waals surface area contributed by atoms with Gasteiger partial charge in [-0.3, -0.25) is 4.79 Å². The van der Waals surface area contributed by atoms with Gasteiger partial charge in [0.05, 0.1) is 18.2 Å². The Morgan fingerprint density at radius 1 is 1.17 bits per heavy atom. The summed E-state index contributed by atoms with van der Waals surface area (Å²) in [5, 5.41) is 6.85. The van der Waals surface area contributed by atoms with E-state index in [0.717, 1.165) is 23.9 Å². The number of hydrogen-bond donors (Lipinski definition) is 3. The highest BCUT2D eigenvalue weighted by molar-refractivity contribution is 5.95. The molecule has 0 aliphatic carbocycles. The van der Waals surface area contributed by atoms with Crippen LogP contribution >= 0.6 is 0 Å². The molecule has 1 fully saturated rings. The molecule has 2 aromatic heterocycles. The number of hydrogen-bond acceptors (Lipinski definition) is 5. The Hall–Kier alpha value is -2.93. The normalized spacial score (nSPS) is 18.3. The minimum Gasteiger partial charge on any atom is -0.496 e. The number of methoxy groups -OCH3 is 1. The molecule has 158 valence electrons. The van der Waals surface area contributed by atoms with Crippen LogP contribution in [0.4, 0.5) is 0 Å². The van der Waals surface area contributed by atoms with Crippen molar-refractivity contribution in [3.8, 4) is 17.1 Å². The predicted octanol–water partition coefficient (Wildman–Crippen LogP) is 3.67. The van der Waals surface area contributed by atoms with E-state index in [1.165, 1.54) is 0 Å². The number of aromatic nitrogens is 3. The van der Waals surface area contributed by atoms with Crippen LogP contribution < -0.4 is 15.4 Å². The van der Waals surface area contributed by atoms with Crippen LogP contribution in [0.25, 0.3) is 22.6 Å². The number of carbonyl (C=O) groups excluding carboxylic acids is 1. The van der Waals surface area contributed by atoms with Gasteiger partial charge in [0.25, 0.3) is 5.91 Å². The van der Waals surface area contributed by atoms with Crippen molar-refractivity contribution in [1.29, 1.82) is 0 Å². The van der Waals surface area contributed by atoms with E-state index in [4.69, 9.17) is 4.74 Å². The summed E-state index contributed by atoms with van der Waals surface area (Å²) in [6.07, 6.45) is 3.47. The molecule has 7 heteroatoms. The number of amides is 1. The molecule has 0 unspecified atom stereocenters. The van der Waals surface area contributed by atoms with Crippen molar-refractivity contribution in [3.05, 3.63) is 42.1 Å². The molecule has 0 bridgehead atoms. The summed E-state index contributed by atoms with van der Waals surface area (Å²) >= 11 is 0. The topological polar surface area (TPSA) is 91.9 Å². The molecule has 0 radical (unpaired) electrons. The number of carbonyl (C=O) groups is 1. The SMILES string of the molecule is COc1cc(C(=O)NC2CC(C)(C)NC(C)(C)C2)ccc1-c1nc2ncccc2[nH]1. The van der Waals surface area contributed by atoms with E-state index >= 15 is 0 Å². The Labute approximate surface area is 176 Å². The van der Waals surface area contributed by atoms with Gasteiger partial charge in [0.1, 0.15) is 11.6 Å². The first-order valence-corrected chi connectivity index (χ1v) is 10.3. The zero-order valence-corrected chi connectivity index (χ0v) is 18.2. The van der Waals surface area contributed by atoms with Gasteiger partial charge in [-0.2, -0.15) is 0 Å². The summed E-state index contributed by atoms with van der Waals surface area (Å²) in [6, 6.07) is 9.33. The van der Waals surface area contributed by atoms with Crippen molar-refractivity contribution in [3.63, 3.8) is 0 Å². The van der Waals surface area contributed by atoms with Crippen molar-refractivity contribution in [1.82, 2.24) is 25.6 Å². The van der Waals surface area contributed by atoms with Gasteiger partial charge in [0.2, 0.25) is 0 Å². The van der Waals surface area contributed by atoms with Crippen molar-refractivity contribution >= 4 is 17.1 Å². The average Bonchev–Trinajstić information content (AvgIpc) is 3.08. The molecule has 3 aromatic rings. The maximum Gasteiger partial charge on any atom is 0.251 e. The molecule has 1 aliphatic rings. The second-order valence-electron chi connectivity index (χ2n) is 9.35. The molecular weight excluding hydrogens is 378 g/mol. The molecule has 7 nitrogen and oxygen atoms in total. The molecule has 1 saturated heterocycles. The molecule has 4 rings (SSSR count). The standard InChI is InChI=1S/C23H29N5O2/c1-22(2)12-15(13-23(3,4)28-22)25-21(29)14-8-9-16(18(11-14)30-5)19-26-17-7-6-10-24-20(17)27-19/h6-11,15,28H,12-13H2,1-5H3,(H,25,29)(H,24,26,27). The number of pyridine rings is 1. The fourth-order valence-electron chi connectivity index (χ4n) is 4.69. The lowest BCUT2D eigenvalue weighted by Gasteiger charge is -2.46. The van der Waals surface area contributed by atoms with Gasteiger partial charge in [-0.1, -0.05) is 0 Å². The molecule has 0 saturated carbocycles. The molecule has 30 heavy (non-hydrogen) atoms. The highest BCUT2D eigenvalue weighted by atomic mass is 16.5. The van der Waals surface area contributed by atoms with Crippen molar-refractivity contribution in [2.75, 3.05) is 7.11 Å². The zero-order valence-electron chi connectivity index (χ0n) is 18.2. The molecule has 3 N–H and O–H groups in total. The van der Waals surface area contributed by atoms with Gasteiger partial charge in [-0.05, 0) is 70.9 Å². The van der Waals surface area contributed by atoms with Crippen molar-refractivity contribution < 1.29 is 9.53 Å². The van der Waals surface area contributed by atoms with Crippen LogP contribution in [-0.2, 0) is 0 Å². The fourth-order valence-corrected chi connectivity index (χ4v) is 4.69. The van der Waals surface area contributed by atoms with Crippen LogP contribution in [0.15, 0.2) is 36.5 Å². The molecule has 1 aliphatic heterocycles. The number of nitrogens with zero attached hydrogens (tertiary/aromatic N) is 2. The fraction of sp³-hybridized carbons (Fsp3) is 0.435. The number of imidazole rings is 1. The second kappa shape index (κ2) is 7.40. The summed E-state index contributed by atoms with van der Waals surface area (Å²) in [5.74, 6) is 1.16. The Bertz CT molecular complexity index is 1040. The first-order valence-electron chi connectivity index (χ1n) is 10.3. The maximum absolute atomic E-state index is 13.0. The van der Waals surface area contributed by atoms with Crippen LogP contribution in [0, 0.1) is 0 Å². The lowest BCUT2D eigenvalue weighted by molar-refractivity contribution is 0.0873. The van der Waals surface area contributed by atoms with Crippen LogP contribution in [0.1, 0.15) is 50.9 Å². The molecule has 0 atom stereocenters. The largest absolute Gasteiger partial charge is 0.496 e. The maximum atomic E-state index is 13.0. The Morgan fingerprint density at radius 3 is 2.57 bits per heavy atom. The summed E-state index contributed by atoms with van der Waals surface area (Å²) in [7, 11) is 1.60. The van der Waals surface area contributed by atoms with Gasteiger partial charge in [0.15, 0.2) is 5.65 Å². The lowest BCUT2D eigenvalue weighted by Crippen LogP contribution is -2.62. The highest BCUT2D eigenvalue weighted by Gasteiger charge is 2.38. The summed E-state index contributed by atoms with van der Waals surface area (Å²) in [5.41, 5.74) is 2.79. The van der Waals surface area contributed by atoms with E-state index in [1.54, 1.807) is 19.4 Å². The lowest BCUT2D eigenvalue weighted by atomic mass is 9.79. The third-order valence-corrected chi connectivity index (χ3v) is 5.50. The second-order valence-corrected chi connectivity index (χ2v) is 9.35. The minimum atomic E-state index is -0.0929. The molecular formula is C23H29N5O2. The van der Waals surface area contributed by atoms with Crippen LogP contribution in [-0.4, -0.2) is 45.1 Å². The molecule has 3 heterocycles. The van der Waals surface area contributed by atoms with Crippen LogP contribution in [0.5, 0.6) is 5.75 Å². The molecule has 0 spiro atoms. The Balaban J connectivity index is 1.57. The first-order chi connectivity index (χ1) is 14.2. The van der Waals surface area contributed by atoms with Crippen LogP contribution in [0.2, 0.25) is 0 Å². The van der Waals surface area contributed by atoms with Crippen molar-refractivity contribution in [2.45, 2.75) is 57.7 Å². The number of benzene rings is 1. The number of aromatic amines is 1. The molecule has 1 aromatic carbocycles. The predicted molar refractivity (Wildman–Crippen MR) is 118 cm³/mol. The van der Waals surface area contributed by atoms with Gasteiger partial charge >= 0.3 is 0 Å². The number of piperidine rings is 1. The molecule has 1 amide bonds. The third kappa shape index (κ3) is 4.16. The number of ether oxygens (including phenoxy) is 1. The van der Waals surface area contributed by atoms with E-state index in [1.807, 2.05) is 24.3 Å². The van der Waals surface area contributed by atoms with E-state index in [0.29, 0.717) is 22.8 Å². The van der Waals surface area contributed by atoms with Gasteiger partial charge < -0.3 is 20.4 Å². The smallest absolute Gasteiger partial charge is 0.251 e. The monoisotopic (exact) mass is 407 g/mol. The van der Waals surface area contributed by atoms with E-state index in [2.05, 4.69) is 53.3 Å². The average molecular weight is 408 g/mol. The number of rotatable bonds is 4. The number of H-pyrrole nitrogens is 1. The van der Waals surface area contributed by atoms with Gasteiger partial charge in [-0.25, -0.2) is 9.97 Å². The van der Waals surface area contributed by atoms with Crippen molar-refractivity contribution in [2.24, 2.45) is 0 Å². The summed E-state index contributed by atoms with van der Waals surface area (Å²) in [4.78, 5) is 25.0. The first kappa shape index (κ1) is 20.3. The number of fused-ring (bicyclic) bond motifs is 1. The zero-order chi connectivity index (χ0) is 21.5. The Kier molecular flexibility index (Phi) is 5.02. The van der Waals surface area contributed by atoms with Crippen LogP contribution in [0.3, 0.4) is 0 Å². The Morgan fingerprint density at radius 2 is 1.90 bits per heavy atom.